The second-order valence-corrected chi connectivity index (χ2v) is 7.98. The van der Waals surface area contributed by atoms with Gasteiger partial charge in [0.05, 0.1) is 6.04 Å². The standard InChI is InChI=1S/C27H28N4O4/c28-29-18-25(32)23(16-20-10-4-1-5-11-20)30-26(33)24(17-21-12-6-2-7-13-21)31-27(34)35-19-22-14-8-3-9-15-22/h1-15,23-24,28H,16-19H2,(H,30,33)(H,31,34). The summed E-state index contributed by atoms with van der Waals surface area (Å²) in [5.41, 5.74) is 9.56. The van der Waals surface area contributed by atoms with Gasteiger partial charge in [0.25, 0.3) is 0 Å². The van der Waals surface area contributed by atoms with E-state index in [1.54, 1.807) is 0 Å². The highest BCUT2D eigenvalue weighted by Gasteiger charge is 2.27. The fourth-order valence-corrected chi connectivity index (χ4v) is 3.52. The van der Waals surface area contributed by atoms with Crippen LogP contribution in [0.25, 0.3) is 0 Å². The predicted octanol–water partition coefficient (Wildman–Crippen LogP) is 3.85. The van der Waals surface area contributed by atoms with Gasteiger partial charge in [-0.3, -0.25) is 9.59 Å². The van der Waals surface area contributed by atoms with E-state index in [0.29, 0.717) is 0 Å². The molecule has 0 aliphatic carbocycles. The zero-order valence-corrected chi connectivity index (χ0v) is 19.2. The lowest BCUT2D eigenvalue weighted by Gasteiger charge is -2.23. The summed E-state index contributed by atoms with van der Waals surface area (Å²) in [4.78, 5) is 38.4. The Hall–Kier alpha value is -4.33. The van der Waals surface area contributed by atoms with Gasteiger partial charge in [0.15, 0.2) is 5.78 Å². The van der Waals surface area contributed by atoms with Crippen molar-refractivity contribution in [1.29, 1.82) is 5.53 Å². The van der Waals surface area contributed by atoms with Crippen molar-refractivity contribution in [2.45, 2.75) is 31.5 Å². The summed E-state index contributed by atoms with van der Waals surface area (Å²) in [5, 5.41) is 8.56. The molecule has 0 saturated carbocycles. The number of carbonyl (C=O) groups is 3. The highest BCUT2D eigenvalue weighted by molar-refractivity contribution is 5.93. The van der Waals surface area contributed by atoms with Gasteiger partial charge in [0.2, 0.25) is 5.91 Å². The van der Waals surface area contributed by atoms with Crippen LogP contribution in [0.2, 0.25) is 0 Å². The number of ketones is 1. The molecule has 0 aliphatic heterocycles. The second kappa shape index (κ2) is 13.4. The van der Waals surface area contributed by atoms with Gasteiger partial charge in [-0.2, -0.15) is 5.11 Å². The maximum atomic E-state index is 13.3. The van der Waals surface area contributed by atoms with E-state index in [4.69, 9.17) is 10.3 Å². The number of alkyl carbamates (subject to hydrolysis) is 1. The maximum Gasteiger partial charge on any atom is 0.408 e. The number of nitrogens with one attached hydrogen (secondary N) is 3. The maximum absolute atomic E-state index is 13.3. The highest BCUT2D eigenvalue weighted by atomic mass is 16.5. The molecule has 0 bridgehead atoms. The summed E-state index contributed by atoms with van der Waals surface area (Å²) in [5.74, 6) is -0.910. The average Bonchev–Trinajstić information content (AvgIpc) is 2.88. The third-order valence-corrected chi connectivity index (χ3v) is 5.33. The van der Waals surface area contributed by atoms with E-state index in [0.717, 1.165) is 16.7 Å². The van der Waals surface area contributed by atoms with Gasteiger partial charge in [-0.15, -0.1) is 0 Å². The Balaban J connectivity index is 1.72. The molecule has 0 heterocycles. The summed E-state index contributed by atoms with van der Waals surface area (Å²) in [7, 11) is 0. The van der Waals surface area contributed by atoms with Crippen LogP contribution < -0.4 is 10.6 Å². The molecule has 3 aromatic carbocycles. The van der Waals surface area contributed by atoms with Gasteiger partial charge in [-0.1, -0.05) is 91.0 Å². The Morgan fingerprint density at radius 1 is 0.714 bits per heavy atom. The molecule has 0 aromatic heterocycles. The first kappa shape index (κ1) is 25.3. The Bertz CT molecular complexity index is 1110. The Labute approximate surface area is 204 Å². The smallest absolute Gasteiger partial charge is 0.408 e. The minimum absolute atomic E-state index is 0.0620. The molecular weight excluding hydrogens is 444 g/mol. The molecule has 8 heteroatoms. The lowest BCUT2D eigenvalue weighted by molar-refractivity contribution is -0.128. The SMILES string of the molecule is N=NCC(=O)C(Cc1ccccc1)NC(=O)C(Cc1ccccc1)NC(=O)OCc1ccccc1. The van der Waals surface area contributed by atoms with E-state index in [9.17, 15) is 14.4 Å². The van der Waals surface area contributed by atoms with Gasteiger partial charge in [-0.25, -0.2) is 10.3 Å². The van der Waals surface area contributed by atoms with Crippen LogP contribution in [0.3, 0.4) is 0 Å². The van der Waals surface area contributed by atoms with Crippen molar-refractivity contribution in [3.05, 3.63) is 108 Å². The van der Waals surface area contributed by atoms with Crippen molar-refractivity contribution >= 4 is 17.8 Å². The van der Waals surface area contributed by atoms with Crippen LogP contribution in [0.1, 0.15) is 16.7 Å². The van der Waals surface area contributed by atoms with Crippen LogP contribution in [0.5, 0.6) is 0 Å². The molecule has 0 radical (unpaired) electrons. The fraction of sp³-hybridized carbons (Fsp3) is 0.222. The van der Waals surface area contributed by atoms with Gasteiger partial charge in [0.1, 0.15) is 19.2 Å². The quantitative estimate of drug-likeness (QED) is 0.347. The van der Waals surface area contributed by atoms with E-state index < -0.39 is 24.1 Å². The number of benzene rings is 3. The van der Waals surface area contributed by atoms with E-state index >= 15 is 0 Å². The van der Waals surface area contributed by atoms with E-state index in [-0.39, 0.29) is 31.8 Å². The molecule has 35 heavy (non-hydrogen) atoms. The molecule has 180 valence electrons. The second-order valence-electron chi connectivity index (χ2n) is 7.98. The minimum atomic E-state index is -0.973. The first-order valence-corrected chi connectivity index (χ1v) is 11.3. The fourth-order valence-electron chi connectivity index (χ4n) is 3.52. The molecule has 3 N–H and O–H groups in total. The van der Waals surface area contributed by atoms with Gasteiger partial charge in [0, 0.05) is 6.42 Å². The van der Waals surface area contributed by atoms with Crippen molar-refractivity contribution in [1.82, 2.24) is 10.6 Å². The first-order valence-electron chi connectivity index (χ1n) is 11.3. The van der Waals surface area contributed by atoms with Gasteiger partial charge >= 0.3 is 6.09 Å². The van der Waals surface area contributed by atoms with Crippen molar-refractivity contribution in [2.24, 2.45) is 5.11 Å². The third-order valence-electron chi connectivity index (χ3n) is 5.33. The first-order chi connectivity index (χ1) is 17.0. The Morgan fingerprint density at radius 3 is 1.71 bits per heavy atom. The Kier molecular flexibility index (Phi) is 9.68. The number of amides is 2. The molecule has 0 spiro atoms. The molecule has 2 amide bonds. The topological polar surface area (TPSA) is 121 Å². The number of carbonyl (C=O) groups excluding carboxylic acids is 3. The summed E-state index contributed by atoms with van der Waals surface area (Å²) in [6.07, 6.45) is -0.281. The lowest BCUT2D eigenvalue weighted by Crippen LogP contribution is -2.53. The van der Waals surface area contributed by atoms with Gasteiger partial charge in [-0.05, 0) is 23.1 Å². The summed E-state index contributed by atoms with van der Waals surface area (Å²) < 4.78 is 5.30. The van der Waals surface area contributed by atoms with Crippen molar-refractivity contribution < 1.29 is 19.1 Å². The minimum Gasteiger partial charge on any atom is -0.445 e. The van der Waals surface area contributed by atoms with Crippen molar-refractivity contribution in [2.75, 3.05) is 6.54 Å². The lowest BCUT2D eigenvalue weighted by atomic mass is 10.0. The Morgan fingerprint density at radius 2 is 1.20 bits per heavy atom. The molecule has 0 saturated heterocycles. The van der Waals surface area contributed by atoms with Crippen LogP contribution >= 0.6 is 0 Å². The largest absolute Gasteiger partial charge is 0.445 e. The molecule has 0 fully saturated rings. The number of hydrogen-bond acceptors (Lipinski definition) is 6. The van der Waals surface area contributed by atoms with Crippen molar-refractivity contribution in [3.63, 3.8) is 0 Å². The molecule has 3 aromatic rings. The number of ether oxygens (including phenoxy) is 1. The normalized spacial score (nSPS) is 12.1. The number of nitrogens with zero attached hydrogens (tertiary/aromatic N) is 1. The highest BCUT2D eigenvalue weighted by Crippen LogP contribution is 2.08. The number of hydrogen-bond donors (Lipinski definition) is 3. The average molecular weight is 473 g/mol. The molecule has 0 aliphatic rings. The zero-order chi connectivity index (χ0) is 24.9. The molecule has 2 atom stereocenters. The predicted molar refractivity (Wildman–Crippen MR) is 131 cm³/mol. The third kappa shape index (κ3) is 8.51. The van der Waals surface area contributed by atoms with Crippen LogP contribution in [0.15, 0.2) is 96.1 Å². The van der Waals surface area contributed by atoms with Crippen molar-refractivity contribution in [3.8, 4) is 0 Å². The van der Waals surface area contributed by atoms with E-state index in [1.165, 1.54) is 0 Å². The summed E-state index contributed by atoms with van der Waals surface area (Å²) >= 11 is 0. The van der Waals surface area contributed by atoms with Gasteiger partial charge < -0.3 is 15.4 Å². The number of rotatable bonds is 12. The molecule has 8 nitrogen and oxygen atoms in total. The van der Waals surface area contributed by atoms with Crippen LogP contribution in [0.4, 0.5) is 4.79 Å². The van der Waals surface area contributed by atoms with Crippen LogP contribution in [-0.2, 0) is 33.8 Å². The zero-order valence-electron chi connectivity index (χ0n) is 19.2. The van der Waals surface area contributed by atoms with E-state index in [2.05, 4.69) is 15.7 Å². The monoisotopic (exact) mass is 472 g/mol. The molecule has 3 rings (SSSR count). The molecule has 2 unspecified atom stereocenters. The van der Waals surface area contributed by atoms with Crippen LogP contribution in [0, 0.1) is 5.53 Å². The number of Topliss-reactive ketones (excluding diaryl/α,β-unsaturated/α-hetero) is 1. The summed E-state index contributed by atoms with van der Waals surface area (Å²) in [6.45, 7) is -0.278. The summed E-state index contributed by atoms with van der Waals surface area (Å²) in [6, 6.07) is 25.8. The molecular formula is C27H28N4O4. The van der Waals surface area contributed by atoms with E-state index in [1.807, 2.05) is 91.0 Å². The van der Waals surface area contributed by atoms with Crippen LogP contribution in [-0.4, -0.2) is 36.4 Å².